The molecule has 0 saturated carbocycles. The maximum absolute atomic E-state index is 9.46. The zero-order valence-corrected chi connectivity index (χ0v) is 12.2. The molecular weight excluding hydrogens is 212 g/mol. The Morgan fingerprint density at radius 1 is 1.41 bits per heavy atom. The van der Waals surface area contributed by atoms with Crippen molar-refractivity contribution in [3.05, 3.63) is 0 Å². The third-order valence-corrected chi connectivity index (χ3v) is 3.80. The van der Waals surface area contributed by atoms with Crippen LogP contribution in [-0.4, -0.2) is 48.3 Å². The molecule has 0 aromatic rings. The van der Waals surface area contributed by atoms with Crippen molar-refractivity contribution in [2.45, 2.75) is 53.1 Å². The second-order valence-electron chi connectivity index (χ2n) is 6.69. The van der Waals surface area contributed by atoms with E-state index in [0.717, 1.165) is 19.6 Å². The van der Waals surface area contributed by atoms with Gasteiger partial charge in [0, 0.05) is 25.2 Å². The van der Waals surface area contributed by atoms with Crippen molar-refractivity contribution in [1.82, 2.24) is 10.2 Å². The van der Waals surface area contributed by atoms with Gasteiger partial charge < -0.3 is 10.4 Å². The molecule has 1 rings (SSSR count). The van der Waals surface area contributed by atoms with Gasteiger partial charge >= 0.3 is 0 Å². The summed E-state index contributed by atoms with van der Waals surface area (Å²) in [5.41, 5.74) is 0.266. The Morgan fingerprint density at radius 3 is 2.59 bits per heavy atom. The van der Waals surface area contributed by atoms with Gasteiger partial charge in [-0.05, 0) is 24.3 Å². The first-order valence-electron chi connectivity index (χ1n) is 6.94. The minimum absolute atomic E-state index is 0.266. The summed E-state index contributed by atoms with van der Waals surface area (Å²) in [7, 11) is 0. The van der Waals surface area contributed by atoms with Crippen LogP contribution in [0.5, 0.6) is 0 Å². The third kappa shape index (κ3) is 4.57. The monoisotopic (exact) mass is 242 g/mol. The van der Waals surface area contributed by atoms with E-state index >= 15 is 0 Å². The minimum Gasteiger partial charge on any atom is -0.395 e. The Balaban J connectivity index is 2.46. The summed E-state index contributed by atoms with van der Waals surface area (Å²) in [5.74, 6) is 0.633. The molecule has 3 nitrogen and oxygen atoms in total. The van der Waals surface area contributed by atoms with Gasteiger partial charge in [-0.2, -0.15) is 0 Å². The van der Waals surface area contributed by atoms with Gasteiger partial charge in [0.1, 0.15) is 0 Å². The van der Waals surface area contributed by atoms with Crippen molar-refractivity contribution in [3.63, 3.8) is 0 Å². The number of rotatable bonds is 6. The van der Waals surface area contributed by atoms with E-state index in [1.165, 1.54) is 6.42 Å². The molecule has 1 aliphatic rings. The number of likely N-dealkylation sites (tertiary alicyclic amines) is 1. The van der Waals surface area contributed by atoms with E-state index in [1.807, 2.05) is 0 Å². The molecule has 0 aromatic carbocycles. The largest absolute Gasteiger partial charge is 0.395 e. The quantitative estimate of drug-likeness (QED) is 0.744. The maximum atomic E-state index is 9.46. The summed E-state index contributed by atoms with van der Waals surface area (Å²) in [6.45, 7) is 14.8. The Morgan fingerprint density at radius 2 is 2.06 bits per heavy atom. The van der Waals surface area contributed by atoms with Crippen LogP contribution in [0.2, 0.25) is 0 Å². The van der Waals surface area contributed by atoms with E-state index in [9.17, 15) is 5.11 Å². The van der Waals surface area contributed by atoms with Gasteiger partial charge in [0.2, 0.25) is 0 Å². The number of aliphatic hydroxyl groups is 1. The van der Waals surface area contributed by atoms with Crippen LogP contribution < -0.4 is 5.32 Å². The summed E-state index contributed by atoms with van der Waals surface area (Å²) >= 11 is 0. The lowest BCUT2D eigenvalue weighted by Crippen LogP contribution is -2.45. The van der Waals surface area contributed by atoms with Gasteiger partial charge in [-0.1, -0.05) is 34.6 Å². The molecule has 1 aliphatic heterocycles. The van der Waals surface area contributed by atoms with E-state index < -0.39 is 0 Å². The molecule has 2 N–H and O–H groups in total. The van der Waals surface area contributed by atoms with Gasteiger partial charge in [-0.25, -0.2) is 0 Å². The van der Waals surface area contributed by atoms with Crippen LogP contribution in [-0.2, 0) is 0 Å². The average Bonchev–Trinajstić information content (AvgIpc) is 2.56. The van der Waals surface area contributed by atoms with Crippen molar-refractivity contribution in [2.24, 2.45) is 11.3 Å². The first-order chi connectivity index (χ1) is 7.85. The summed E-state index contributed by atoms with van der Waals surface area (Å²) in [4.78, 5) is 2.46. The van der Waals surface area contributed by atoms with Crippen LogP contribution in [0.1, 0.15) is 41.0 Å². The molecule has 102 valence electrons. The first kappa shape index (κ1) is 14.9. The lowest BCUT2D eigenvalue weighted by molar-refractivity contribution is 0.101. The van der Waals surface area contributed by atoms with Gasteiger partial charge in [0.05, 0.1) is 6.61 Å². The SMILES string of the molecule is CC(C)NCC(C)(C)CN1CCC(C)C1CO. The zero-order valence-electron chi connectivity index (χ0n) is 12.2. The van der Waals surface area contributed by atoms with Crippen LogP contribution in [0.15, 0.2) is 0 Å². The van der Waals surface area contributed by atoms with Gasteiger partial charge in [0.25, 0.3) is 0 Å². The van der Waals surface area contributed by atoms with Gasteiger partial charge in [0.15, 0.2) is 0 Å². The molecule has 3 heteroatoms. The predicted octanol–water partition coefficient (Wildman–Crippen LogP) is 1.71. The average molecular weight is 242 g/mol. The van der Waals surface area contributed by atoms with Crippen LogP contribution in [0.4, 0.5) is 0 Å². The van der Waals surface area contributed by atoms with E-state index in [1.54, 1.807) is 0 Å². The number of nitrogens with zero attached hydrogens (tertiary/aromatic N) is 1. The smallest absolute Gasteiger partial charge is 0.0589 e. The van der Waals surface area contributed by atoms with E-state index in [0.29, 0.717) is 24.6 Å². The number of hydrogen-bond donors (Lipinski definition) is 2. The van der Waals surface area contributed by atoms with Crippen molar-refractivity contribution in [2.75, 3.05) is 26.2 Å². The molecule has 0 aliphatic carbocycles. The molecule has 0 spiro atoms. The van der Waals surface area contributed by atoms with Crippen molar-refractivity contribution >= 4 is 0 Å². The van der Waals surface area contributed by atoms with Crippen molar-refractivity contribution in [1.29, 1.82) is 0 Å². The second-order valence-corrected chi connectivity index (χ2v) is 6.69. The van der Waals surface area contributed by atoms with Crippen LogP contribution in [0.3, 0.4) is 0 Å². The summed E-state index contributed by atoms with van der Waals surface area (Å²) in [5, 5.41) is 13.0. The molecule has 2 unspecified atom stereocenters. The minimum atomic E-state index is 0.266. The summed E-state index contributed by atoms with van der Waals surface area (Å²) in [6.07, 6.45) is 1.22. The number of nitrogens with one attached hydrogen (secondary N) is 1. The molecule has 0 aromatic heterocycles. The first-order valence-corrected chi connectivity index (χ1v) is 6.94. The van der Waals surface area contributed by atoms with E-state index in [2.05, 4.69) is 44.8 Å². The number of hydrogen-bond acceptors (Lipinski definition) is 3. The fourth-order valence-corrected chi connectivity index (χ4v) is 2.67. The van der Waals surface area contributed by atoms with Crippen molar-refractivity contribution < 1.29 is 5.11 Å². The molecule has 1 heterocycles. The Hall–Kier alpha value is -0.120. The van der Waals surface area contributed by atoms with Crippen LogP contribution in [0.25, 0.3) is 0 Å². The Bertz CT molecular complexity index is 228. The standard InChI is InChI=1S/C14H30N2O/c1-11(2)15-9-14(4,5)10-16-7-6-12(3)13(16)8-17/h11-13,15,17H,6-10H2,1-5H3. The topological polar surface area (TPSA) is 35.5 Å². The Labute approximate surface area is 107 Å². The fraction of sp³-hybridized carbons (Fsp3) is 1.00. The highest BCUT2D eigenvalue weighted by molar-refractivity contribution is 4.88. The van der Waals surface area contributed by atoms with E-state index in [-0.39, 0.29) is 5.41 Å². The Kier molecular flexibility index (Phi) is 5.42. The molecule has 0 amide bonds. The van der Waals surface area contributed by atoms with E-state index in [4.69, 9.17) is 0 Å². The van der Waals surface area contributed by atoms with Crippen LogP contribution >= 0.6 is 0 Å². The van der Waals surface area contributed by atoms with Gasteiger partial charge in [-0.15, -0.1) is 0 Å². The molecule has 1 fully saturated rings. The lowest BCUT2D eigenvalue weighted by Gasteiger charge is -2.34. The predicted molar refractivity (Wildman–Crippen MR) is 73.1 cm³/mol. The molecule has 17 heavy (non-hydrogen) atoms. The summed E-state index contributed by atoms with van der Waals surface area (Å²) < 4.78 is 0. The highest BCUT2D eigenvalue weighted by Crippen LogP contribution is 2.27. The van der Waals surface area contributed by atoms with Gasteiger partial charge in [-0.3, -0.25) is 4.90 Å². The number of aliphatic hydroxyl groups excluding tert-OH is 1. The highest BCUT2D eigenvalue weighted by Gasteiger charge is 2.33. The molecule has 0 radical (unpaired) electrons. The molecule has 1 saturated heterocycles. The molecule has 0 bridgehead atoms. The molecule has 2 atom stereocenters. The van der Waals surface area contributed by atoms with Crippen molar-refractivity contribution in [3.8, 4) is 0 Å². The maximum Gasteiger partial charge on any atom is 0.0589 e. The normalized spacial score (nSPS) is 27.0. The summed E-state index contributed by atoms with van der Waals surface area (Å²) in [6, 6.07) is 0.911. The highest BCUT2D eigenvalue weighted by atomic mass is 16.3. The zero-order chi connectivity index (χ0) is 13.1. The third-order valence-electron chi connectivity index (χ3n) is 3.80. The second kappa shape index (κ2) is 6.17. The fourth-order valence-electron chi connectivity index (χ4n) is 2.67. The lowest BCUT2D eigenvalue weighted by atomic mass is 9.91. The molecular formula is C14H30N2O. The van der Waals surface area contributed by atoms with Crippen LogP contribution in [0, 0.1) is 11.3 Å².